The van der Waals surface area contributed by atoms with E-state index in [9.17, 15) is 4.39 Å². The molecule has 1 atom stereocenters. The summed E-state index contributed by atoms with van der Waals surface area (Å²) in [6.07, 6.45) is 1.85. The molecular weight excluding hydrogens is 189 g/mol. The lowest BCUT2D eigenvalue weighted by Crippen LogP contribution is -2.23. The fourth-order valence-corrected chi connectivity index (χ4v) is 1.50. The second-order valence-electron chi connectivity index (χ2n) is 3.95. The van der Waals surface area contributed by atoms with Gasteiger partial charge in [0.15, 0.2) is 0 Å². The van der Waals surface area contributed by atoms with Crippen LogP contribution in [-0.2, 0) is 6.54 Å². The van der Waals surface area contributed by atoms with Gasteiger partial charge in [0.05, 0.1) is 0 Å². The maximum Gasteiger partial charge on any atom is 0.129 e. The molecule has 1 aromatic carbocycles. The Morgan fingerprint density at radius 3 is 2.40 bits per heavy atom. The Hall–Kier alpha value is -1.15. The minimum absolute atomic E-state index is 0.101. The second kappa shape index (κ2) is 5.08. The molecule has 0 aliphatic carbocycles. The van der Waals surface area contributed by atoms with E-state index in [1.165, 1.54) is 0 Å². The first-order chi connectivity index (χ1) is 7.04. The van der Waals surface area contributed by atoms with Crippen LogP contribution in [0.4, 0.5) is 4.39 Å². The van der Waals surface area contributed by atoms with E-state index in [2.05, 4.69) is 11.9 Å². The van der Waals surface area contributed by atoms with Crippen molar-refractivity contribution in [3.05, 3.63) is 47.3 Å². The number of benzene rings is 1. The number of hydrogen-bond donors (Lipinski definition) is 1. The summed E-state index contributed by atoms with van der Waals surface area (Å²) in [5, 5.41) is 3.28. The van der Waals surface area contributed by atoms with E-state index in [1.807, 2.05) is 25.1 Å². The lowest BCUT2D eigenvalue weighted by molar-refractivity contribution is 0.602. The minimum atomic E-state index is -0.101. The van der Waals surface area contributed by atoms with Gasteiger partial charge in [-0.3, -0.25) is 0 Å². The summed E-state index contributed by atoms with van der Waals surface area (Å²) in [5.41, 5.74) is 2.52. The lowest BCUT2D eigenvalue weighted by atomic mass is 10.1. The van der Waals surface area contributed by atoms with Crippen molar-refractivity contribution in [3.63, 3.8) is 0 Å². The Bertz CT molecular complexity index is 335. The van der Waals surface area contributed by atoms with Crippen LogP contribution in [0.25, 0.3) is 0 Å². The van der Waals surface area contributed by atoms with Crippen LogP contribution < -0.4 is 5.32 Å². The highest BCUT2D eigenvalue weighted by Crippen LogP contribution is 2.14. The van der Waals surface area contributed by atoms with Gasteiger partial charge in [0.2, 0.25) is 0 Å². The van der Waals surface area contributed by atoms with Gasteiger partial charge in [-0.1, -0.05) is 18.2 Å². The van der Waals surface area contributed by atoms with Crippen molar-refractivity contribution in [2.75, 3.05) is 0 Å². The molecule has 0 saturated heterocycles. The molecule has 1 aromatic rings. The van der Waals surface area contributed by atoms with Crippen LogP contribution >= 0.6 is 0 Å². The molecule has 1 nitrogen and oxygen atoms in total. The summed E-state index contributed by atoms with van der Waals surface area (Å²) in [6, 6.07) is 4.03. The summed E-state index contributed by atoms with van der Waals surface area (Å²) in [6.45, 7) is 10.1. The van der Waals surface area contributed by atoms with Gasteiger partial charge < -0.3 is 5.32 Å². The topological polar surface area (TPSA) is 12.0 Å². The van der Waals surface area contributed by atoms with Crippen LogP contribution in [0.15, 0.2) is 24.8 Å². The zero-order valence-electron chi connectivity index (χ0n) is 9.60. The van der Waals surface area contributed by atoms with Crippen LogP contribution in [-0.4, -0.2) is 6.04 Å². The highest BCUT2D eigenvalue weighted by atomic mass is 19.1. The Kier molecular flexibility index (Phi) is 4.04. The lowest BCUT2D eigenvalue weighted by Gasteiger charge is -2.11. The zero-order chi connectivity index (χ0) is 11.4. The normalized spacial score (nSPS) is 12.5. The summed E-state index contributed by atoms with van der Waals surface area (Å²) in [4.78, 5) is 0. The van der Waals surface area contributed by atoms with E-state index in [1.54, 1.807) is 13.8 Å². The molecule has 1 N–H and O–H groups in total. The Balaban J connectivity index is 2.74. The van der Waals surface area contributed by atoms with Gasteiger partial charge in [0, 0.05) is 12.6 Å². The second-order valence-corrected chi connectivity index (χ2v) is 3.95. The molecule has 0 bridgehead atoms. The van der Waals surface area contributed by atoms with E-state index in [0.717, 1.165) is 12.1 Å². The molecule has 1 unspecified atom stereocenters. The van der Waals surface area contributed by atoms with E-state index < -0.39 is 0 Å². The monoisotopic (exact) mass is 207 g/mol. The molecule has 0 heterocycles. The number of aryl methyl sites for hydroxylation is 2. The molecule has 1 rings (SSSR count). The molecular formula is C13H18FN. The number of rotatable bonds is 4. The quantitative estimate of drug-likeness (QED) is 0.748. The summed E-state index contributed by atoms with van der Waals surface area (Å²) < 4.78 is 13.3. The number of hydrogen-bond acceptors (Lipinski definition) is 1. The van der Waals surface area contributed by atoms with Crippen LogP contribution in [0.2, 0.25) is 0 Å². The van der Waals surface area contributed by atoms with Gasteiger partial charge >= 0.3 is 0 Å². The molecule has 0 spiro atoms. The molecule has 15 heavy (non-hydrogen) atoms. The van der Waals surface area contributed by atoms with E-state index in [-0.39, 0.29) is 11.9 Å². The van der Waals surface area contributed by atoms with Crippen molar-refractivity contribution >= 4 is 0 Å². The van der Waals surface area contributed by atoms with Gasteiger partial charge in [-0.05, 0) is 37.5 Å². The predicted octanol–water partition coefficient (Wildman–Crippen LogP) is 3.11. The van der Waals surface area contributed by atoms with E-state index in [4.69, 9.17) is 0 Å². The van der Waals surface area contributed by atoms with Crippen molar-refractivity contribution in [1.82, 2.24) is 5.32 Å². The average molecular weight is 207 g/mol. The van der Waals surface area contributed by atoms with Crippen molar-refractivity contribution in [2.45, 2.75) is 33.4 Å². The maximum atomic E-state index is 13.3. The Morgan fingerprint density at radius 2 is 1.93 bits per heavy atom. The van der Waals surface area contributed by atoms with E-state index in [0.29, 0.717) is 11.1 Å². The van der Waals surface area contributed by atoms with Crippen LogP contribution in [0.3, 0.4) is 0 Å². The standard InChI is InChI=1S/C13H18FN/c1-5-11(4)15-8-12-6-9(2)13(14)10(3)7-12/h5-7,11,15H,1,8H2,2-4H3. The fraction of sp³-hybridized carbons (Fsp3) is 0.385. The van der Waals surface area contributed by atoms with Gasteiger partial charge in [0.1, 0.15) is 5.82 Å². The molecule has 82 valence electrons. The highest BCUT2D eigenvalue weighted by molar-refractivity contribution is 5.30. The van der Waals surface area contributed by atoms with Crippen LogP contribution in [0.1, 0.15) is 23.6 Å². The molecule has 0 saturated carbocycles. The molecule has 2 heteroatoms. The number of nitrogens with one attached hydrogen (secondary N) is 1. The summed E-state index contributed by atoms with van der Waals surface area (Å²) >= 11 is 0. The molecule has 0 aliphatic rings. The van der Waals surface area contributed by atoms with Crippen LogP contribution in [0, 0.1) is 19.7 Å². The van der Waals surface area contributed by atoms with Crippen LogP contribution in [0.5, 0.6) is 0 Å². The summed E-state index contributed by atoms with van der Waals surface area (Å²) in [7, 11) is 0. The van der Waals surface area contributed by atoms with Gasteiger partial charge in [0.25, 0.3) is 0 Å². The predicted molar refractivity (Wildman–Crippen MR) is 62.4 cm³/mol. The fourth-order valence-electron chi connectivity index (χ4n) is 1.50. The molecule has 0 aliphatic heterocycles. The van der Waals surface area contributed by atoms with Crippen molar-refractivity contribution in [1.29, 1.82) is 0 Å². The van der Waals surface area contributed by atoms with E-state index >= 15 is 0 Å². The SMILES string of the molecule is C=CC(C)NCc1cc(C)c(F)c(C)c1. The zero-order valence-corrected chi connectivity index (χ0v) is 9.60. The van der Waals surface area contributed by atoms with Gasteiger partial charge in [-0.15, -0.1) is 6.58 Å². The van der Waals surface area contributed by atoms with Crippen molar-refractivity contribution in [2.24, 2.45) is 0 Å². The first-order valence-electron chi connectivity index (χ1n) is 5.16. The maximum absolute atomic E-state index is 13.3. The smallest absolute Gasteiger partial charge is 0.129 e. The Labute approximate surface area is 91.0 Å². The number of halogens is 1. The third-order valence-electron chi connectivity index (χ3n) is 2.48. The van der Waals surface area contributed by atoms with Crippen molar-refractivity contribution in [3.8, 4) is 0 Å². The molecule has 0 aromatic heterocycles. The summed E-state index contributed by atoms with van der Waals surface area (Å²) in [5.74, 6) is -0.101. The first-order valence-corrected chi connectivity index (χ1v) is 5.16. The molecule has 0 radical (unpaired) electrons. The van der Waals surface area contributed by atoms with Gasteiger partial charge in [-0.2, -0.15) is 0 Å². The molecule has 0 fully saturated rings. The average Bonchev–Trinajstić information content (AvgIpc) is 2.22. The highest BCUT2D eigenvalue weighted by Gasteiger charge is 2.04. The molecule has 0 amide bonds. The van der Waals surface area contributed by atoms with Gasteiger partial charge in [-0.25, -0.2) is 4.39 Å². The first kappa shape index (κ1) is 11.9. The third kappa shape index (κ3) is 3.17. The minimum Gasteiger partial charge on any atom is -0.307 e. The largest absolute Gasteiger partial charge is 0.307 e. The Morgan fingerprint density at radius 1 is 1.40 bits per heavy atom. The third-order valence-corrected chi connectivity index (χ3v) is 2.48. The van der Waals surface area contributed by atoms with Crippen molar-refractivity contribution < 1.29 is 4.39 Å².